The third-order valence-corrected chi connectivity index (χ3v) is 12.8. The molecule has 0 spiro atoms. The summed E-state index contributed by atoms with van der Waals surface area (Å²) >= 11 is 0. The Morgan fingerprint density at radius 3 is 2.37 bits per heavy atom. The SMILES string of the molecule is CC[C@@H](CO[C@@H](C)OC(C)C(O)[C@H](O)CO)CC(C[C@H](C)O[C@@H]1O[C@@H](CO)C(O)C(O[C@@H](CC2CCCCC2)C(=O)O)C1NC(C)=O)C(=O)NCCNC(=O)c1cncc(-c2cn(CCCO)nn2)c1. The molecule has 23 heteroatoms. The Hall–Kier alpha value is -4.27. The molecule has 3 heterocycles. The molecule has 70 heavy (non-hydrogen) atoms. The molecule has 0 aromatic carbocycles. The highest BCUT2D eigenvalue weighted by atomic mass is 16.7. The number of aromatic nitrogens is 4. The maximum atomic E-state index is 14.1. The number of pyridine rings is 1. The van der Waals surface area contributed by atoms with E-state index < -0.39 is 104 Å². The summed E-state index contributed by atoms with van der Waals surface area (Å²) in [7, 11) is 0. The van der Waals surface area contributed by atoms with Gasteiger partial charge in [0, 0.05) is 57.0 Å². The quantitative estimate of drug-likeness (QED) is 0.0358. The number of rotatable bonds is 31. The number of carboxylic acids is 1. The first kappa shape index (κ1) is 58.3. The summed E-state index contributed by atoms with van der Waals surface area (Å²) in [6.45, 7) is 7.35. The lowest BCUT2D eigenvalue weighted by atomic mass is 9.85. The van der Waals surface area contributed by atoms with Gasteiger partial charge >= 0.3 is 5.97 Å². The number of aliphatic hydroxyl groups is 6. The largest absolute Gasteiger partial charge is 0.479 e. The van der Waals surface area contributed by atoms with Crippen molar-refractivity contribution in [3.05, 3.63) is 30.2 Å². The van der Waals surface area contributed by atoms with Gasteiger partial charge in [-0.15, -0.1) is 5.10 Å². The van der Waals surface area contributed by atoms with Crippen molar-refractivity contribution < 1.29 is 78.6 Å². The van der Waals surface area contributed by atoms with E-state index in [1.807, 2.05) is 6.92 Å². The number of amides is 3. The third-order valence-electron chi connectivity index (χ3n) is 12.8. The molecule has 2 aromatic rings. The van der Waals surface area contributed by atoms with Crippen LogP contribution in [0.15, 0.2) is 24.7 Å². The highest BCUT2D eigenvalue weighted by Crippen LogP contribution is 2.33. The molecule has 0 radical (unpaired) electrons. The number of ether oxygens (including phenoxy) is 5. The van der Waals surface area contributed by atoms with Gasteiger partial charge < -0.3 is 75.4 Å². The van der Waals surface area contributed by atoms with Crippen molar-refractivity contribution in [3.63, 3.8) is 0 Å². The van der Waals surface area contributed by atoms with Gasteiger partial charge in [0.2, 0.25) is 11.8 Å². The summed E-state index contributed by atoms with van der Waals surface area (Å²) in [5, 5.41) is 87.0. The summed E-state index contributed by atoms with van der Waals surface area (Å²) in [6.07, 6.45) is -1.21. The van der Waals surface area contributed by atoms with E-state index in [-0.39, 0.29) is 68.9 Å². The summed E-state index contributed by atoms with van der Waals surface area (Å²) in [5.41, 5.74) is 1.31. The van der Waals surface area contributed by atoms with Crippen molar-refractivity contribution in [3.8, 4) is 11.3 Å². The highest BCUT2D eigenvalue weighted by molar-refractivity contribution is 5.95. The normalized spacial score (nSPS) is 23.3. The lowest BCUT2D eigenvalue weighted by Crippen LogP contribution is -2.66. The number of aryl methyl sites for hydroxylation is 1. The smallest absolute Gasteiger partial charge is 0.332 e. The predicted molar refractivity (Wildman–Crippen MR) is 249 cm³/mol. The molecule has 1 saturated carbocycles. The van der Waals surface area contributed by atoms with Crippen LogP contribution in [0.25, 0.3) is 11.3 Å². The summed E-state index contributed by atoms with van der Waals surface area (Å²) in [5.74, 6) is -3.47. The van der Waals surface area contributed by atoms with Crippen LogP contribution in [-0.4, -0.2) is 186 Å². The molecular formula is C47H77N7O16. The number of hydrogen-bond donors (Lipinski definition) is 10. The van der Waals surface area contributed by atoms with E-state index in [2.05, 4.69) is 31.2 Å². The molecule has 2 fully saturated rings. The molecule has 10 N–H and O–H groups in total. The van der Waals surface area contributed by atoms with Gasteiger partial charge in [0.1, 0.15) is 42.3 Å². The fourth-order valence-corrected chi connectivity index (χ4v) is 8.81. The number of nitrogens with zero attached hydrogens (tertiary/aromatic N) is 4. The average Bonchev–Trinajstić information content (AvgIpc) is 3.83. The molecule has 4 rings (SSSR count). The lowest BCUT2D eigenvalue weighted by Gasteiger charge is -2.45. The van der Waals surface area contributed by atoms with E-state index in [4.69, 9.17) is 28.8 Å². The molecule has 1 aliphatic heterocycles. The number of carbonyl (C=O) groups is 4. The van der Waals surface area contributed by atoms with Crippen molar-refractivity contribution in [2.24, 2.45) is 17.8 Å². The molecule has 3 amide bonds. The first-order valence-corrected chi connectivity index (χ1v) is 24.5. The molecule has 1 saturated heterocycles. The first-order valence-electron chi connectivity index (χ1n) is 24.5. The van der Waals surface area contributed by atoms with Crippen LogP contribution < -0.4 is 16.0 Å². The monoisotopic (exact) mass is 996 g/mol. The van der Waals surface area contributed by atoms with Gasteiger partial charge in [0.25, 0.3) is 5.91 Å². The van der Waals surface area contributed by atoms with Gasteiger partial charge in [-0.05, 0) is 64.4 Å². The van der Waals surface area contributed by atoms with E-state index in [9.17, 15) is 49.8 Å². The predicted octanol–water partition coefficient (Wildman–Crippen LogP) is 0.270. The van der Waals surface area contributed by atoms with Crippen LogP contribution in [0, 0.1) is 17.8 Å². The van der Waals surface area contributed by atoms with Gasteiger partial charge in [0.15, 0.2) is 18.7 Å². The number of aliphatic carboxylic acids is 1. The van der Waals surface area contributed by atoms with Crippen LogP contribution in [0.4, 0.5) is 0 Å². The van der Waals surface area contributed by atoms with Gasteiger partial charge in [-0.25, -0.2) is 4.79 Å². The van der Waals surface area contributed by atoms with Crippen molar-refractivity contribution in [1.82, 2.24) is 35.9 Å². The Morgan fingerprint density at radius 2 is 1.71 bits per heavy atom. The Morgan fingerprint density at radius 1 is 0.986 bits per heavy atom. The molecule has 23 nitrogen and oxygen atoms in total. The maximum Gasteiger partial charge on any atom is 0.332 e. The Labute approximate surface area is 409 Å². The number of nitrogens with one attached hydrogen (secondary N) is 3. The van der Waals surface area contributed by atoms with Crippen LogP contribution in [-0.2, 0) is 44.6 Å². The molecule has 0 bridgehead atoms. The topological polar surface area (TPSA) is 336 Å². The molecule has 2 aromatic heterocycles. The van der Waals surface area contributed by atoms with Crippen LogP contribution in [0.1, 0.15) is 109 Å². The number of aliphatic hydroxyl groups excluding tert-OH is 6. The van der Waals surface area contributed by atoms with E-state index >= 15 is 0 Å². The maximum absolute atomic E-state index is 14.1. The minimum atomic E-state index is -1.54. The molecule has 13 atom stereocenters. The standard InChI is InChI=1S/C47H77N7O16/c1-6-31(26-66-30(5)68-28(3)41(60)37(59)24-56)18-33(44(62)49-13-14-50-45(63)35-20-34(21-48-22-35)36-23-54(53-52-36)15-10-16-55)17-27(2)67-47-40(51-29(4)58)43(42(61)39(25-57)70-47)69-38(46(64)65)19-32-11-8-7-9-12-32/h20-23,27-28,30-33,37-43,47,55-57,59-61H,6-19,24-26H2,1-5H3,(H,49,62)(H,50,63)(H,51,58)(H,64,65)/t27-,28?,30+,31+,33?,37+,38-,39-,40?,41?,42?,43?,47+/m0/s1. The minimum Gasteiger partial charge on any atom is -0.479 e. The molecule has 6 unspecified atom stereocenters. The van der Waals surface area contributed by atoms with E-state index in [1.165, 1.54) is 20.0 Å². The third kappa shape index (κ3) is 18.4. The van der Waals surface area contributed by atoms with Crippen LogP contribution >= 0.6 is 0 Å². The second-order valence-electron chi connectivity index (χ2n) is 18.4. The zero-order valence-electron chi connectivity index (χ0n) is 41.0. The fraction of sp³-hybridized carbons (Fsp3) is 0.766. The average molecular weight is 996 g/mol. The van der Waals surface area contributed by atoms with E-state index in [0.29, 0.717) is 30.6 Å². The Balaban J connectivity index is 1.48. The van der Waals surface area contributed by atoms with Crippen LogP contribution in [0.5, 0.6) is 0 Å². The Bertz CT molecular complexity index is 1890. The molecule has 396 valence electrons. The zero-order valence-corrected chi connectivity index (χ0v) is 41.0. The number of hydrogen-bond acceptors (Lipinski definition) is 18. The van der Waals surface area contributed by atoms with Crippen molar-refractivity contribution >= 4 is 23.7 Å². The van der Waals surface area contributed by atoms with Crippen LogP contribution in [0.3, 0.4) is 0 Å². The van der Waals surface area contributed by atoms with Gasteiger partial charge in [-0.3, -0.25) is 24.0 Å². The highest BCUT2D eigenvalue weighted by Gasteiger charge is 2.49. The van der Waals surface area contributed by atoms with E-state index in [1.54, 1.807) is 37.0 Å². The fourth-order valence-electron chi connectivity index (χ4n) is 8.81. The number of carboxylic acid groups (broad SMARTS) is 1. The van der Waals surface area contributed by atoms with Crippen molar-refractivity contribution in [2.45, 2.75) is 173 Å². The van der Waals surface area contributed by atoms with Crippen molar-refractivity contribution in [1.29, 1.82) is 0 Å². The second-order valence-corrected chi connectivity index (χ2v) is 18.4. The van der Waals surface area contributed by atoms with Gasteiger partial charge in [-0.2, -0.15) is 0 Å². The summed E-state index contributed by atoms with van der Waals surface area (Å²) < 4.78 is 31.8. The summed E-state index contributed by atoms with van der Waals surface area (Å²) in [6, 6.07) is 0.395. The lowest BCUT2D eigenvalue weighted by molar-refractivity contribution is -0.292. The molecule has 2 aliphatic rings. The van der Waals surface area contributed by atoms with Gasteiger partial charge in [0.05, 0.1) is 43.8 Å². The van der Waals surface area contributed by atoms with Crippen LogP contribution in [0.2, 0.25) is 0 Å². The second kappa shape index (κ2) is 29.9. The first-order chi connectivity index (χ1) is 33.5. The zero-order chi connectivity index (χ0) is 51.3. The molecule has 1 aliphatic carbocycles. The Kier molecular flexibility index (Phi) is 24.9. The minimum absolute atomic E-state index is 0.00437. The summed E-state index contributed by atoms with van der Waals surface area (Å²) in [4.78, 5) is 56.7. The van der Waals surface area contributed by atoms with E-state index in [0.717, 1.165) is 32.1 Å². The van der Waals surface area contributed by atoms with Crippen molar-refractivity contribution in [2.75, 3.05) is 39.5 Å². The van der Waals surface area contributed by atoms with Gasteiger partial charge in [-0.1, -0.05) is 50.7 Å². The molecular weight excluding hydrogens is 919 g/mol. The number of carbonyl (C=O) groups excluding carboxylic acids is 3.